The van der Waals surface area contributed by atoms with Crippen molar-refractivity contribution < 1.29 is 23.0 Å². The molecular weight excluding hydrogens is 185 g/mol. The molecule has 13 heavy (non-hydrogen) atoms. The van der Waals surface area contributed by atoms with Crippen LogP contribution in [0.1, 0.15) is 25.7 Å². The third-order valence-electron chi connectivity index (χ3n) is 1.65. The van der Waals surface area contributed by atoms with Gasteiger partial charge in [-0.15, -0.1) is 0 Å². The van der Waals surface area contributed by atoms with Crippen LogP contribution in [-0.4, -0.2) is 31.1 Å². The Morgan fingerprint density at radius 1 is 1.31 bits per heavy atom. The molecule has 0 aliphatic rings. The van der Waals surface area contributed by atoms with Gasteiger partial charge < -0.3 is 9.84 Å². The molecule has 0 saturated heterocycles. The molecule has 0 heterocycles. The van der Waals surface area contributed by atoms with Crippen LogP contribution < -0.4 is 0 Å². The number of methoxy groups -OCH3 is 1. The van der Waals surface area contributed by atoms with Crippen LogP contribution in [0.4, 0.5) is 13.2 Å². The summed E-state index contributed by atoms with van der Waals surface area (Å²) in [5.74, 6) is 0. The monoisotopic (exact) mass is 200 g/mol. The maximum absolute atomic E-state index is 11.7. The van der Waals surface area contributed by atoms with E-state index in [0.29, 0.717) is 19.4 Å². The van der Waals surface area contributed by atoms with Crippen molar-refractivity contribution in [1.29, 1.82) is 0 Å². The van der Waals surface area contributed by atoms with Crippen molar-refractivity contribution in [3.8, 4) is 0 Å². The first kappa shape index (κ1) is 12.7. The zero-order chi connectivity index (χ0) is 10.3. The lowest BCUT2D eigenvalue weighted by Crippen LogP contribution is -2.14. The number of aliphatic hydroxyl groups is 1. The molecule has 0 saturated carbocycles. The maximum atomic E-state index is 11.7. The lowest BCUT2D eigenvalue weighted by atomic mass is 10.1. The standard InChI is InChI=1S/C8H15F3O2/c1-13-6-2-3-7(12)4-5-8(9,10)11/h7,12H,2-6H2,1H3. The van der Waals surface area contributed by atoms with Crippen molar-refractivity contribution >= 4 is 0 Å². The Morgan fingerprint density at radius 2 is 1.92 bits per heavy atom. The van der Waals surface area contributed by atoms with E-state index in [1.54, 1.807) is 0 Å². The summed E-state index contributed by atoms with van der Waals surface area (Å²) in [6, 6.07) is 0. The van der Waals surface area contributed by atoms with Gasteiger partial charge in [-0.05, 0) is 19.3 Å². The molecule has 80 valence electrons. The van der Waals surface area contributed by atoms with Crippen LogP contribution in [0, 0.1) is 0 Å². The molecule has 0 aliphatic heterocycles. The molecule has 0 radical (unpaired) electrons. The summed E-state index contributed by atoms with van der Waals surface area (Å²) in [7, 11) is 1.52. The van der Waals surface area contributed by atoms with Crippen molar-refractivity contribution in [2.75, 3.05) is 13.7 Å². The lowest BCUT2D eigenvalue weighted by molar-refractivity contribution is -0.140. The van der Waals surface area contributed by atoms with E-state index in [2.05, 4.69) is 0 Å². The minimum atomic E-state index is -4.16. The van der Waals surface area contributed by atoms with Crippen LogP contribution in [0.3, 0.4) is 0 Å². The number of rotatable bonds is 6. The molecule has 1 atom stereocenters. The van der Waals surface area contributed by atoms with E-state index in [1.807, 2.05) is 0 Å². The number of halogens is 3. The number of ether oxygens (including phenoxy) is 1. The van der Waals surface area contributed by atoms with Crippen LogP contribution in [0.25, 0.3) is 0 Å². The topological polar surface area (TPSA) is 29.5 Å². The Hall–Kier alpha value is -0.290. The zero-order valence-electron chi connectivity index (χ0n) is 7.60. The van der Waals surface area contributed by atoms with E-state index in [9.17, 15) is 13.2 Å². The molecule has 0 rings (SSSR count). The van der Waals surface area contributed by atoms with Gasteiger partial charge in [0, 0.05) is 20.1 Å². The van der Waals surface area contributed by atoms with Gasteiger partial charge in [-0.3, -0.25) is 0 Å². The summed E-state index contributed by atoms with van der Waals surface area (Å²) in [4.78, 5) is 0. The number of hydrogen-bond acceptors (Lipinski definition) is 2. The smallest absolute Gasteiger partial charge is 0.389 e. The van der Waals surface area contributed by atoms with Crippen molar-refractivity contribution in [1.82, 2.24) is 0 Å². The molecule has 0 aliphatic carbocycles. The highest BCUT2D eigenvalue weighted by Gasteiger charge is 2.27. The predicted octanol–water partition coefficient (Wildman–Crippen LogP) is 2.12. The summed E-state index contributed by atoms with van der Waals surface area (Å²) in [5, 5.41) is 9.08. The minimum Gasteiger partial charge on any atom is -0.393 e. The highest BCUT2D eigenvalue weighted by atomic mass is 19.4. The van der Waals surface area contributed by atoms with Crippen molar-refractivity contribution in [2.24, 2.45) is 0 Å². The van der Waals surface area contributed by atoms with E-state index in [1.165, 1.54) is 7.11 Å². The number of hydrogen-bond donors (Lipinski definition) is 1. The van der Waals surface area contributed by atoms with E-state index in [-0.39, 0.29) is 6.42 Å². The van der Waals surface area contributed by atoms with Gasteiger partial charge in [-0.25, -0.2) is 0 Å². The van der Waals surface area contributed by atoms with Crippen molar-refractivity contribution in [3.63, 3.8) is 0 Å². The summed E-state index contributed by atoms with van der Waals surface area (Å²) in [5.41, 5.74) is 0. The predicted molar refractivity (Wildman–Crippen MR) is 42.4 cm³/mol. The largest absolute Gasteiger partial charge is 0.393 e. The van der Waals surface area contributed by atoms with Crippen molar-refractivity contribution in [2.45, 2.75) is 38.0 Å². The highest BCUT2D eigenvalue weighted by molar-refractivity contribution is 4.59. The lowest BCUT2D eigenvalue weighted by Gasteiger charge is -2.11. The van der Waals surface area contributed by atoms with Gasteiger partial charge in [0.15, 0.2) is 0 Å². The summed E-state index contributed by atoms with van der Waals surface area (Å²) in [6.45, 7) is 0.475. The van der Waals surface area contributed by atoms with Gasteiger partial charge in [0.05, 0.1) is 6.10 Å². The van der Waals surface area contributed by atoms with E-state index >= 15 is 0 Å². The van der Waals surface area contributed by atoms with Gasteiger partial charge in [-0.2, -0.15) is 13.2 Å². The maximum Gasteiger partial charge on any atom is 0.389 e. The molecule has 0 aromatic heterocycles. The Kier molecular flexibility index (Phi) is 6.07. The molecule has 5 heteroatoms. The second-order valence-electron chi connectivity index (χ2n) is 2.94. The first-order chi connectivity index (χ1) is 5.95. The SMILES string of the molecule is COCCCC(O)CCC(F)(F)F. The van der Waals surface area contributed by atoms with Gasteiger partial charge in [0.25, 0.3) is 0 Å². The minimum absolute atomic E-state index is 0.215. The average Bonchev–Trinajstić information content (AvgIpc) is 2.00. The number of aliphatic hydroxyl groups excluding tert-OH is 1. The molecule has 1 N–H and O–H groups in total. The molecule has 0 spiro atoms. The highest BCUT2D eigenvalue weighted by Crippen LogP contribution is 2.23. The molecule has 0 aromatic carbocycles. The molecule has 0 aromatic rings. The molecule has 0 bridgehead atoms. The van der Waals surface area contributed by atoms with E-state index in [4.69, 9.17) is 9.84 Å². The fourth-order valence-corrected chi connectivity index (χ4v) is 0.938. The zero-order valence-corrected chi connectivity index (χ0v) is 7.60. The second kappa shape index (κ2) is 6.21. The van der Waals surface area contributed by atoms with Crippen LogP contribution >= 0.6 is 0 Å². The molecule has 0 amide bonds. The Bertz CT molecular complexity index is 125. The van der Waals surface area contributed by atoms with Crippen LogP contribution in [-0.2, 0) is 4.74 Å². The van der Waals surface area contributed by atoms with E-state index in [0.717, 1.165) is 0 Å². The first-order valence-electron chi connectivity index (χ1n) is 4.19. The molecule has 0 fully saturated rings. The molecule has 1 unspecified atom stereocenters. The summed E-state index contributed by atoms with van der Waals surface area (Å²) in [6.07, 6.45) is -5.20. The molecule has 2 nitrogen and oxygen atoms in total. The van der Waals surface area contributed by atoms with Crippen molar-refractivity contribution in [3.05, 3.63) is 0 Å². The normalized spacial score (nSPS) is 14.5. The molecular formula is C8H15F3O2. The fraction of sp³-hybridized carbons (Fsp3) is 1.00. The van der Waals surface area contributed by atoms with Gasteiger partial charge in [-0.1, -0.05) is 0 Å². The van der Waals surface area contributed by atoms with Gasteiger partial charge >= 0.3 is 6.18 Å². The second-order valence-corrected chi connectivity index (χ2v) is 2.94. The fourth-order valence-electron chi connectivity index (χ4n) is 0.938. The van der Waals surface area contributed by atoms with Crippen LogP contribution in [0.2, 0.25) is 0 Å². The Labute approximate surface area is 75.7 Å². The third kappa shape index (κ3) is 9.63. The van der Waals surface area contributed by atoms with E-state index < -0.39 is 18.7 Å². The van der Waals surface area contributed by atoms with Crippen LogP contribution in [0.15, 0.2) is 0 Å². The first-order valence-corrected chi connectivity index (χ1v) is 4.19. The van der Waals surface area contributed by atoms with Crippen LogP contribution in [0.5, 0.6) is 0 Å². The quantitative estimate of drug-likeness (QED) is 0.665. The van der Waals surface area contributed by atoms with Gasteiger partial charge in [0.2, 0.25) is 0 Å². The third-order valence-corrected chi connectivity index (χ3v) is 1.65. The Balaban J connectivity index is 3.35. The Morgan fingerprint density at radius 3 is 2.38 bits per heavy atom. The van der Waals surface area contributed by atoms with Gasteiger partial charge in [0.1, 0.15) is 0 Å². The number of alkyl halides is 3. The summed E-state index contributed by atoms with van der Waals surface area (Å²) >= 11 is 0. The average molecular weight is 200 g/mol. The summed E-state index contributed by atoms with van der Waals surface area (Å²) < 4.78 is 39.7.